The van der Waals surface area contributed by atoms with Gasteiger partial charge in [0.05, 0.1) is 5.69 Å². The quantitative estimate of drug-likeness (QED) is 0.792. The van der Waals surface area contributed by atoms with Gasteiger partial charge >= 0.3 is 0 Å². The number of fused-ring (bicyclic) bond motifs is 1. The Hall–Kier alpha value is -1.10. The van der Waals surface area contributed by atoms with Crippen LogP contribution in [-0.2, 0) is 17.6 Å². The highest BCUT2D eigenvalue weighted by atomic mass is 32.1. The summed E-state index contributed by atoms with van der Waals surface area (Å²) in [7, 11) is 0. The van der Waals surface area contributed by atoms with Gasteiger partial charge in [-0.15, -0.1) is 11.3 Å². The van der Waals surface area contributed by atoms with Gasteiger partial charge in [0.15, 0.2) is 5.13 Å². The SMILES string of the molecule is CCC(=O)NC1CCc2nc(N)sc2C1. The van der Waals surface area contributed by atoms with Crippen molar-refractivity contribution in [3.63, 3.8) is 0 Å². The largest absolute Gasteiger partial charge is 0.375 e. The summed E-state index contributed by atoms with van der Waals surface area (Å²) in [5.41, 5.74) is 6.78. The second kappa shape index (κ2) is 4.18. The fourth-order valence-corrected chi connectivity index (χ4v) is 2.81. The van der Waals surface area contributed by atoms with Crippen LogP contribution in [0.2, 0.25) is 0 Å². The number of aryl methyl sites for hydroxylation is 1. The minimum atomic E-state index is 0.126. The molecule has 1 heterocycles. The van der Waals surface area contributed by atoms with Crippen molar-refractivity contribution >= 4 is 22.4 Å². The lowest BCUT2D eigenvalue weighted by Gasteiger charge is -2.21. The van der Waals surface area contributed by atoms with E-state index in [0.717, 1.165) is 25.0 Å². The van der Waals surface area contributed by atoms with Gasteiger partial charge in [-0.3, -0.25) is 4.79 Å². The minimum absolute atomic E-state index is 0.126. The van der Waals surface area contributed by atoms with Gasteiger partial charge in [-0.05, 0) is 12.8 Å². The lowest BCUT2D eigenvalue weighted by molar-refractivity contribution is -0.121. The van der Waals surface area contributed by atoms with Crippen LogP contribution in [0.3, 0.4) is 0 Å². The van der Waals surface area contributed by atoms with Crippen molar-refractivity contribution in [1.82, 2.24) is 10.3 Å². The number of aromatic nitrogens is 1. The molecule has 15 heavy (non-hydrogen) atoms. The van der Waals surface area contributed by atoms with Crippen molar-refractivity contribution in [3.8, 4) is 0 Å². The summed E-state index contributed by atoms with van der Waals surface area (Å²) < 4.78 is 0. The molecule has 5 heteroatoms. The highest BCUT2D eigenvalue weighted by Gasteiger charge is 2.22. The predicted molar refractivity (Wildman–Crippen MR) is 60.8 cm³/mol. The van der Waals surface area contributed by atoms with Gasteiger partial charge < -0.3 is 11.1 Å². The lowest BCUT2D eigenvalue weighted by Crippen LogP contribution is -2.38. The molecule has 1 amide bonds. The maximum Gasteiger partial charge on any atom is 0.219 e. The normalized spacial score (nSPS) is 19.7. The van der Waals surface area contributed by atoms with Crippen LogP contribution in [0, 0.1) is 0 Å². The molecule has 0 bridgehead atoms. The molecule has 0 fully saturated rings. The Morgan fingerprint density at radius 1 is 1.73 bits per heavy atom. The molecule has 3 N–H and O–H groups in total. The number of carbonyl (C=O) groups excluding carboxylic acids is 1. The van der Waals surface area contributed by atoms with Crippen molar-refractivity contribution in [3.05, 3.63) is 10.6 Å². The second-order valence-electron chi connectivity index (χ2n) is 3.78. The van der Waals surface area contributed by atoms with Gasteiger partial charge in [-0.25, -0.2) is 4.98 Å². The third-order valence-electron chi connectivity index (χ3n) is 2.64. The van der Waals surface area contributed by atoms with E-state index < -0.39 is 0 Å². The zero-order valence-electron chi connectivity index (χ0n) is 8.75. The number of nitrogens with two attached hydrogens (primary N) is 1. The number of carbonyl (C=O) groups is 1. The molecule has 0 saturated heterocycles. The molecule has 0 spiro atoms. The molecule has 1 aromatic rings. The van der Waals surface area contributed by atoms with E-state index in [2.05, 4.69) is 10.3 Å². The van der Waals surface area contributed by atoms with Crippen LogP contribution in [0.15, 0.2) is 0 Å². The Kier molecular flexibility index (Phi) is 2.90. The van der Waals surface area contributed by atoms with Crippen LogP contribution in [0.5, 0.6) is 0 Å². The standard InChI is InChI=1S/C10H15N3OS/c1-2-9(14)12-6-3-4-7-8(5-6)15-10(11)13-7/h6H,2-5H2,1H3,(H2,11,13)(H,12,14). The van der Waals surface area contributed by atoms with Crippen molar-refractivity contribution in [2.24, 2.45) is 0 Å². The average molecular weight is 225 g/mol. The molecule has 0 saturated carbocycles. The summed E-state index contributed by atoms with van der Waals surface area (Å²) >= 11 is 1.54. The molecule has 0 radical (unpaired) electrons. The number of amides is 1. The molecular weight excluding hydrogens is 210 g/mol. The third kappa shape index (κ3) is 2.28. The topological polar surface area (TPSA) is 68.0 Å². The van der Waals surface area contributed by atoms with Crippen LogP contribution in [0.25, 0.3) is 0 Å². The highest BCUT2D eigenvalue weighted by molar-refractivity contribution is 7.15. The minimum Gasteiger partial charge on any atom is -0.375 e. The molecule has 1 aliphatic carbocycles. The number of anilines is 1. The van der Waals surface area contributed by atoms with Gasteiger partial charge in [0, 0.05) is 23.8 Å². The first-order valence-corrected chi connectivity index (χ1v) is 6.04. The molecule has 4 nitrogen and oxygen atoms in total. The third-order valence-corrected chi connectivity index (χ3v) is 3.59. The Morgan fingerprint density at radius 2 is 2.53 bits per heavy atom. The van der Waals surface area contributed by atoms with Gasteiger partial charge in [0.1, 0.15) is 0 Å². The maximum atomic E-state index is 11.2. The smallest absolute Gasteiger partial charge is 0.219 e. The number of thiazole rings is 1. The van der Waals surface area contributed by atoms with Crippen molar-refractivity contribution < 1.29 is 4.79 Å². The fraction of sp³-hybridized carbons (Fsp3) is 0.600. The van der Waals surface area contributed by atoms with Gasteiger partial charge in [0.2, 0.25) is 5.91 Å². The van der Waals surface area contributed by atoms with Crippen LogP contribution >= 0.6 is 11.3 Å². The molecule has 1 aromatic heterocycles. The first-order valence-electron chi connectivity index (χ1n) is 5.22. The summed E-state index contributed by atoms with van der Waals surface area (Å²) in [5, 5.41) is 3.66. The number of hydrogen-bond acceptors (Lipinski definition) is 4. The monoisotopic (exact) mass is 225 g/mol. The molecule has 0 aromatic carbocycles. The second-order valence-corrected chi connectivity index (χ2v) is 4.90. The fourth-order valence-electron chi connectivity index (χ4n) is 1.85. The predicted octanol–water partition coefficient (Wildman–Crippen LogP) is 1.11. The molecular formula is C10H15N3OS. The van der Waals surface area contributed by atoms with Crippen LogP contribution < -0.4 is 11.1 Å². The zero-order chi connectivity index (χ0) is 10.8. The van der Waals surface area contributed by atoms with E-state index in [0.29, 0.717) is 11.6 Å². The van der Waals surface area contributed by atoms with Crippen molar-refractivity contribution in [2.75, 3.05) is 5.73 Å². The van der Waals surface area contributed by atoms with E-state index in [1.807, 2.05) is 6.92 Å². The molecule has 1 unspecified atom stereocenters. The van der Waals surface area contributed by atoms with Gasteiger partial charge in [-0.1, -0.05) is 6.92 Å². The Labute approximate surface area is 92.9 Å². The Bertz CT molecular complexity index is 375. The number of hydrogen-bond donors (Lipinski definition) is 2. The van der Waals surface area contributed by atoms with Crippen molar-refractivity contribution in [1.29, 1.82) is 0 Å². The molecule has 0 aliphatic heterocycles. The van der Waals surface area contributed by atoms with E-state index in [4.69, 9.17) is 5.73 Å². The van der Waals surface area contributed by atoms with E-state index >= 15 is 0 Å². The van der Waals surface area contributed by atoms with E-state index in [9.17, 15) is 4.79 Å². The summed E-state index contributed by atoms with van der Waals surface area (Å²) in [6.07, 6.45) is 3.34. The van der Waals surface area contributed by atoms with E-state index in [-0.39, 0.29) is 11.9 Å². The van der Waals surface area contributed by atoms with E-state index in [1.54, 1.807) is 11.3 Å². The van der Waals surface area contributed by atoms with E-state index in [1.165, 1.54) is 4.88 Å². The van der Waals surface area contributed by atoms with Gasteiger partial charge in [-0.2, -0.15) is 0 Å². The summed E-state index contributed by atoms with van der Waals surface area (Å²) in [5.74, 6) is 0.126. The Balaban J connectivity index is 2.02. The summed E-state index contributed by atoms with van der Waals surface area (Å²) in [4.78, 5) is 16.8. The van der Waals surface area contributed by atoms with Crippen molar-refractivity contribution in [2.45, 2.75) is 38.6 Å². The zero-order valence-corrected chi connectivity index (χ0v) is 9.56. The summed E-state index contributed by atoms with van der Waals surface area (Å²) in [6, 6.07) is 0.268. The number of nitrogens with zero attached hydrogens (tertiary/aromatic N) is 1. The highest BCUT2D eigenvalue weighted by Crippen LogP contribution is 2.28. The number of nitrogen functional groups attached to an aromatic ring is 1. The van der Waals surface area contributed by atoms with Crippen LogP contribution in [0.4, 0.5) is 5.13 Å². The first kappa shape index (κ1) is 10.4. The first-order chi connectivity index (χ1) is 7.19. The maximum absolute atomic E-state index is 11.2. The number of nitrogens with one attached hydrogen (secondary N) is 1. The van der Waals surface area contributed by atoms with Gasteiger partial charge in [0.25, 0.3) is 0 Å². The Morgan fingerprint density at radius 3 is 3.27 bits per heavy atom. The van der Waals surface area contributed by atoms with Crippen LogP contribution in [0.1, 0.15) is 30.3 Å². The molecule has 1 atom stereocenters. The lowest BCUT2D eigenvalue weighted by atomic mass is 9.97. The molecule has 1 aliphatic rings. The summed E-state index contributed by atoms with van der Waals surface area (Å²) in [6.45, 7) is 1.87. The molecule has 2 rings (SSSR count). The van der Waals surface area contributed by atoms with Crippen LogP contribution in [-0.4, -0.2) is 16.9 Å². The number of rotatable bonds is 2. The molecule has 82 valence electrons. The average Bonchev–Trinajstić information content (AvgIpc) is 2.57.